The van der Waals surface area contributed by atoms with Crippen LogP contribution in [-0.4, -0.2) is 43.1 Å². The van der Waals surface area contributed by atoms with E-state index in [0.717, 1.165) is 48.5 Å². The number of amides is 2. The molecule has 1 unspecified atom stereocenters. The van der Waals surface area contributed by atoms with E-state index in [1.165, 1.54) is 6.20 Å². The molecule has 3 aromatic heterocycles. The first kappa shape index (κ1) is 27.8. The average molecular weight is 596 g/mol. The third kappa shape index (κ3) is 4.89. The first-order valence-corrected chi connectivity index (χ1v) is 13.7. The summed E-state index contributed by atoms with van der Waals surface area (Å²) in [5.74, 6) is -0.410. The number of rotatable bonds is 7. The van der Waals surface area contributed by atoms with Gasteiger partial charge in [-0.05, 0) is 55.9 Å². The second kappa shape index (κ2) is 10.8. The number of nitrogens with zero attached hydrogens (tertiary/aromatic N) is 6. The van der Waals surface area contributed by atoms with E-state index in [1.54, 1.807) is 22.0 Å². The highest BCUT2D eigenvalue weighted by atomic mass is 35.5. The lowest BCUT2D eigenvalue weighted by Gasteiger charge is -2.25. The minimum absolute atomic E-state index is 0.130. The summed E-state index contributed by atoms with van der Waals surface area (Å²) in [6, 6.07) is 3.71. The van der Waals surface area contributed by atoms with Crippen LogP contribution in [0.3, 0.4) is 0 Å². The number of halogens is 4. The van der Waals surface area contributed by atoms with E-state index in [1.807, 2.05) is 19.9 Å². The van der Waals surface area contributed by atoms with Crippen molar-refractivity contribution < 1.29 is 22.8 Å². The molecule has 9 nitrogen and oxygen atoms in total. The number of hydrogen-bond acceptors (Lipinski definition) is 6. The predicted molar refractivity (Wildman–Crippen MR) is 149 cm³/mol. The number of aromatic nitrogens is 5. The van der Waals surface area contributed by atoms with Crippen LogP contribution in [0.2, 0.25) is 5.02 Å². The fourth-order valence-corrected chi connectivity index (χ4v) is 5.69. The van der Waals surface area contributed by atoms with Crippen LogP contribution in [0.4, 0.5) is 24.7 Å². The molecule has 13 heteroatoms. The van der Waals surface area contributed by atoms with Crippen molar-refractivity contribution in [3.8, 4) is 11.3 Å². The normalized spacial score (nSPS) is 18.6. The Morgan fingerprint density at radius 3 is 2.62 bits per heavy atom. The van der Waals surface area contributed by atoms with Crippen molar-refractivity contribution in [2.45, 2.75) is 39.2 Å². The van der Waals surface area contributed by atoms with Gasteiger partial charge in [0.2, 0.25) is 5.91 Å². The van der Waals surface area contributed by atoms with Crippen LogP contribution < -0.4 is 10.2 Å². The number of nitrogens with one attached hydrogen (secondary N) is 1. The molecule has 1 saturated heterocycles. The summed E-state index contributed by atoms with van der Waals surface area (Å²) in [6.45, 7) is 4.59. The van der Waals surface area contributed by atoms with Gasteiger partial charge in [-0.3, -0.25) is 24.2 Å². The molecule has 1 aromatic carbocycles. The zero-order valence-electron chi connectivity index (χ0n) is 22.6. The molecule has 0 spiro atoms. The standard InChI is InChI=1S/C29H25ClF3N7O2/c1-14-7-24(39-12-16-3-4-18(16)29(39)42)35-9-20(14)15(2)40-13-17(8-36-40)37-28(41)23-11-34-10-22(38-23)25-19(27(32)33)5-6-21(30)26(25)31/h5-11,13,15-16,18,27H,3-4,12H2,1-2H3,(H,37,41)/t15?,16-,18-/m1/s1. The van der Waals surface area contributed by atoms with Crippen molar-refractivity contribution >= 4 is 34.9 Å². The van der Waals surface area contributed by atoms with Gasteiger partial charge in [0.25, 0.3) is 12.3 Å². The van der Waals surface area contributed by atoms with E-state index in [0.29, 0.717) is 24.0 Å². The predicted octanol–water partition coefficient (Wildman–Crippen LogP) is 6.01. The molecule has 4 aromatic rings. The summed E-state index contributed by atoms with van der Waals surface area (Å²) in [5, 5.41) is 6.66. The number of alkyl halides is 2. The molecule has 1 aliphatic heterocycles. The molecule has 1 aliphatic carbocycles. The van der Waals surface area contributed by atoms with Crippen molar-refractivity contribution in [3.63, 3.8) is 0 Å². The molecule has 4 heterocycles. The first-order chi connectivity index (χ1) is 20.1. The van der Waals surface area contributed by atoms with Gasteiger partial charge in [-0.1, -0.05) is 17.7 Å². The minimum Gasteiger partial charge on any atom is -0.318 e. The molecule has 0 bridgehead atoms. The fraction of sp³-hybridized carbons (Fsp3) is 0.310. The monoisotopic (exact) mass is 595 g/mol. The summed E-state index contributed by atoms with van der Waals surface area (Å²) in [5.41, 5.74) is 0.594. The molecule has 2 amide bonds. The smallest absolute Gasteiger partial charge is 0.275 e. The molecule has 0 radical (unpaired) electrons. The van der Waals surface area contributed by atoms with Gasteiger partial charge in [-0.15, -0.1) is 0 Å². The van der Waals surface area contributed by atoms with Crippen LogP contribution in [-0.2, 0) is 4.79 Å². The highest BCUT2D eigenvalue weighted by Crippen LogP contribution is 2.43. The number of carbonyl (C=O) groups excluding carboxylic acids is 2. The highest BCUT2D eigenvalue weighted by Gasteiger charge is 2.47. The number of pyridine rings is 1. The first-order valence-electron chi connectivity index (χ1n) is 13.3. The van der Waals surface area contributed by atoms with Crippen molar-refractivity contribution in [1.29, 1.82) is 0 Å². The molecule has 42 heavy (non-hydrogen) atoms. The van der Waals surface area contributed by atoms with Gasteiger partial charge in [-0.2, -0.15) is 5.10 Å². The fourth-order valence-electron chi connectivity index (χ4n) is 5.54. The van der Waals surface area contributed by atoms with Gasteiger partial charge < -0.3 is 5.32 Å². The minimum atomic E-state index is -2.99. The van der Waals surface area contributed by atoms with Gasteiger partial charge in [0.15, 0.2) is 5.82 Å². The molecular weight excluding hydrogens is 571 g/mol. The Labute approximate surface area is 243 Å². The summed E-state index contributed by atoms with van der Waals surface area (Å²) >= 11 is 5.81. The Balaban J connectivity index is 1.18. The van der Waals surface area contributed by atoms with Crippen LogP contribution in [0, 0.1) is 24.6 Å². The summed E-state index contributed by atoms with van der Waals surface area (Å²) in [6.07, 6.45) is 6.08. The summed E-state index contributed by atoms with van der Waals surface area (Å²) in [7, 11) is 0. The molecular formula is C29H25ClF3N7O2. The maximum absolute atomic E-state index is 14.7. The molecule has 2 fully saturated rings. The second-order valence-electron chi connectivity index (χ2n) is 10.5. The van der Waals surface area contributed by atoms with Gasteiger partial charge in [0, 0.05) is 36.0 Å². The molecule has 2 aliphatic rings. The lowest BCUT2D eigenvalue weighted by atomic mass is 9.76. The Morgan fingerprint density at radius 2 is 1.95 bits per heavy atom. The van der Waals surface area contributed by atoms with E-state index in [2.05, 4.69) is 25.4 Å². The topological polar surface area (TPSA) is 106 Å². The van der Waals surface area contributed by atoms with E-state index in [-0.39, 0.29) is 34.3 Å². The molecule has 3 atom stereocenters. The number of benzene rings is 1. The van der Waals surface area contributed by atoms with E-state index >= 15 is 0 Å². The average Bonchev–Trinajstić information content (AvgIpc) is 3.50. The molecule has 1 saturated carbocycles. The van der Waals surface area contributed by atoms with Crippen LogP contribution in [0.1, 0.15) is 59.4 Å². The number of fused-ring (bicyclic) bond motifs is 1. The Kier molecular flexibility index (Phi) is 7.17. The Morgan fingerprint density at radius 1 is 1.14 bits per heavy atom. The Bertz CT molecular complexity index is 1710. The van der Waals surface area contributed by atoms with Crippen LogP contribution >= 0.6 is 11.6 Å². The van der Waals surface area contributed by atoms with Crippen molar-refractivity contribution in [2.24, 2.45) is 11.8 Å². The van der Waals surface area contributed by atoms with Gasteiger partial charge in [-0.25, -0.2) is 23.1 Å². The number of carbonyl (C=O) groups is 2. The largest absolute Gasteiger partial charge is 0.318 e. The molecule has 216 valence electrons. The quantitative estimate of drug-likeness (QED) is 0.281. The number of hydrogen-bond donors (Lipinski definition) is 1. The highest BCUT2D eigenvalue weighted by molar-refractivity contribution is 6.31. The zero-order chi connectivity index (χ0) is 29.7. The van der Waals surface area contributed by atoms with E-state index in [9.17, 15) is 22.8 Å². The Hall–Kier alpha value is -4.32. The van der Waals surface area contributed by atoms with Gasteiger partial charge in [0.05, 0.1) is 41.0 Å². The van der Waals surface area contributed by atoms with Crippen LogP contribution in [0.15, 0.2) is 49.2 Å². The summed E-state index contributed by atoms with van der Waals surface area (Å²) in [4.78, 5) is 39.9. The summed E-state index contributed by atoms with van der Waals surface area (Å²) < 4.78 is 43.5. The number of anilines is 2. The lowest BCUT2D eigenvalue weighted by Crippen LogP contribution is -2.29. The maximum atomic E-state index is 14.7. The van der Waals surface area contributed by atoms with Crippen molar-refractivity contribution in [3.05, 3.63) is 82.4 Å². The van der Waals surface area contributed by atoms with Gasteiger partial charge >= 0.3 is 0 Å². The second-order valence-corrected chi connectivity index (χ2v) is 11.0. The molecule has 1 N–H and O–H groups in total. The van der Waals surface area contributed by atoms with Gasteiger partial charge in [0.1, 0.15) is 11.5 Å². The van der Waals surface area contributed by atoms with E-state index < -0.39 is 29.3 Å². The van der Waals surface area contributed by atoms with Crippen LogP contribution in [0.5, 0.6) is 0 Å². The van der Waals surface area contributed by atoms with Crippen molar-refractivity contribution in [2.75, 3.05) is 16.8 Å². The number of aryl methyl sites for hydroxylation is 1. The van der Waals surface area contributed by atoms with E-state index in [4.69, 9.17) is 11.6 Å². The maximum Gasteiger partial charge on any atom is 0.275 e. The SMILES string of the molecule is Cc1cc(N2C[C@H]3CC[C@H]3C2=O)ncc1C(C)n1cc(NC(=O)c2cncc(-c3c(C(F)F)ccc(Cl)c3F)n2)cn1. The molecule has 6 rings (SSSR count). The van der Waals surface area contributed by atoms with Crippen molar-refractivity contribution in [1.82, 2.24) is 24.7 Å². The third-order valence-electron chi connectivity index (χ3n) is 8.02. The lowest BCUT2D eigenvalue weighted by molar-refractivity contribution is -0.123. The van der Waals surface area contributed by atoms with Crippen LogP contribution in [0.25, 0.3) is 11.3 Å². The zero-order valence-corrected chi connectivity index (χ0v) is 23.3. The third-order valence-corrected chi connectivity index (χ3v) is 8.31.